The van der Waals surface area contributed by atoms with Gasteiger partial charge in [-0.15, -0.1) is 0 Å². The van der Waals surface area contributed by atoms with E-state index in [-0.39, 0.29) is 6.10 Å². The molecule has 1 unspecified atom stereocenters. The maximum atomic E-state index is 9.68. The van der Waals surface area contributed by atoms with Crippen molar-refractivity contribution in [2.45, 2.75) is 32.3 Å². The van der Waals surface area contributed by atoms with Crippen molar-refractivity contribution in [3.8, 4) is 0 Å². The molecule has 4 heteroatoms. The SMILES string of the molecule is CC(O)CCNCCCCN=O. The van der Waals surface area contributed by atoms with Crippen molar-refractivity contribution in [2.75, 3.05) is 19.6 Å². The Morgan fingerprint density at radius 1 is 1.42 bits per heavy atom. The molecule has 0 saturated carbocycles. The van der Waals surface area contributed by atoms with Crippen molar-refractivity contribution in [1.82, 2.24) is 5.32 Å². The average molecular weight is 174 g/mol. The van der Waals surface area contributed by atoms with Crippen molar-refractivity contribution in [1.29, 1.82) is 0 Å². The summed E-state index contributed by atoms with van der Waals surface area (Å²) < 4.78 is 0. The molecule has 2 N–H and O–H groups in total. The smallest absolute Gasteiger partial charge is 0.0811 e. The van der Waals surface area contributed by atoms with Gasteiger partial charge in [0.25, 0.3) is 0 Å². The van der Waals surface area contributed by atoms with Crippen LogP contribution in [0.3, 0.4) is 0 Å². The van der Waals surface area contributed by atoms with Crippen LogP contribution in [0.5, 0.6) is 0 Å². The van der Waals surface area contributed by atoms with Gasteiger partial charge in [0.2, 0.25) is 0 Å². The number of rotatable bonds is 8. The zero-order valence-corrected chi connectivity index (χ0v) is 7.62. The Bertz CT molecular complexity index is 107. The normalized spacial score (nSPS) is 12.8. The first-order chi connectivity index (χ1) is 5.77. The molecule has 0 bridgehead atoms. The number of aliphatic hydroxyl groups is 1. The fourth-order valence-corrected chi connectivity index (χ4v) is 0.862. The molecule has 0 radical (unpaired) electrons. The van der Waals surface area contributed by atoms with Crippen LogP contribution in [0.1, 0.15) is 26.2 Å². The number of hydrogen-bond donors (Lipinski definition) is 2. The monoisotopic (exact) mass is 174 g/mol. The Kier molecular flexibility index (Phi) is 8.27. The first-order valence-corrected chi connectivity index (χ1v) is 4.45. The van der Waals surface area contributed by atoms with Gasteiger partial charge in [-0.25, -0.2) is 0 Å². The molecule has 0 aromatic heterocycles. The fraction of sp³-hybridized carbons (Fsp3) is 1.00. The average Bonchev–Trinajstić information content (AvgIpc) is 2.02. The van der Waals surface area contributed by atoms with Crippen LogP contribution in [0.25, 0.3) is 0 Å². The maximum Gasteiger partial charge on any atom is 0.0811 e. The molecule has 0 rings (SSSR count). The molecule has 12 heavy (non-hydrogen) atoms. The highest BCUT2D eigenvalue weighted by Gasteiger charge is 1.93. The standard InChI is InChI=1S/C8H18N2O2/c1-8(11)4-7-9-5-2-3-6-10-12/h8-9,11H,2-7H2,1H3. The van der Waals surface area contributed by atoms with Crippen molar-refractivity contribution in [3.63, 3.8) is 0 Å². The van der Waals surface area contributed by atoms with E-state index in [0.29, 0.717) is 6.54 Å². The second-order valence-electron chi connectivity index (χ2n) is 2.95. The van der Waals surface area contributed by atoms with Crippen molar-refractivity contribution >= 4 is 0 Å². The van der Waals surface area contributed by atoms with Gasteiger partial charge in [0.05, 0.1) is 12.6 Å². The van der Waals surface area contributed by atoms with Gasteiger partial charge < -0.3 is 10.4 Å². The van der Waals surface area contributed by atoms with Crippen molar-refractivity contribution < 1.29 is 5.11 Å². The minimum absolute atomic E-state index is 0.228. The fourth-order valence-electron chi connectivity index (χ4n) is 0.862. The Morgan fingerprint density at radius 2 is 2.17 bits per heavy atom. The lowest BCUT2D eigenvalue weighted by molar-refractivity contribution is 0.184. The topological polar surface area (TPSA) is 61.7 Å². The maximum absolute atomic E-state index is 9.68. The van der Waals surface area contributed by atoms with E-state index in [2.05, 4.69) is 10.5 Å². The van der Waals surface area contributed by atoms with Crippen LogP contribution in [0.4, 0.5) is 0 Å². The predicted octanol–water partition coefficient (Wildman–Crippen LogP) is 0.893. The van der Waals surface area contributed by atoms with E-state index < -0.39 is 0 Å². The molecule has 0 aliphatic carbocycles. The van der Waals surface area contributed by atoms with Gasteiger partial charge in [0, 0.05) is 0 Å². The van der Waals surface area contributed by atoms with Crippen LogP contribution in [-0.4, -0.2) is 30.8 Å². The molecule has 0 aliphatic heterocycles. The summed E-state index contributed by atoms with van der Waals surface area (Å²) >= 11 is 0. The molecular formula is C8H18N2O2. The van der Waals surface area contributed by atoms with Gasteiger partial charge in [-0.1, -0.05) is 5.18 Å². The predicted molar refractivity (Wildman–Crippen MR) is 49.1 cm³/mol. The Balaban J connectivity index is 2.86. The molecule has 0 saturated heterocycles. The van der Waals surface area contributed by atoms with Crippen LogP contribution >= 0.6 is 0 Å². The van der Waals surface area contributed by atoms with E-state index in [0.717, 1.165) is 32.4 Å². The minimum Gasteiger partial charge on any atom is -0.393 e. The molecule has 0 fully saturated rings. The summed E-state index contributed by atoms with van der Waals surface area (Å²) in [6, 6.07) is 0. The molecule has 0 aliphatic rings. The quantitative estimate of drug-likeness (QED) is 0.424. The molecule has 0 aromatic carbocycles. The van der Waals surface area contributed by atoms with Gasteiger partial charge in [0.1, 0.15) is 0 Å². The zero-order chi connectivity index (χ0) is 9.23. The Labute approximate surface area is 73.3 Å². The van der Waals surface area contributed by atoms with Gasteiger partial charge in [-0.05, 0) is 39.3 Å². The van der Waals surface area contributed by atoms with Crippen molar-refractivity contribution in [3.05, 3.63) is 4.91 Å². The lowest BCUT2D eigenvalue weighted by Gasteiger charge is -2.05. The molecule has 1 atom stereocenters. The van der Waals surface area contributed by atoms with Crippen LogP contribution in [0.2, 0.25) is 0 Å². The van der Waals surface area contributed by atoms with Gasteiger partial charge in [-0.3, -0.25) is 0 Å². The molecule has 0 heterocycles. The molecule has 72 valence electrons. The second kappa shape index (κ2) is 8.62. The van der Waals surface area contributed by atoms with E-state index in [1.54, 1.807) is 6.92 Å². The molecule has 4 nitrogen and oxygen atoms in total. The number of nitrogens with one attached hydrogen (secondary N) is 1. The largest absolute Gasteiger partial charge is 0.393 e. The third-order valence-electron chi connectivity index (χ3n) is 1.59. The lowest BCUT2D eigenvalue weighted by Crippen LogP contribution is -2.20. The summed E-state index contributed by atoms with van der Waals surface area (Å²) in [5.74, 6) is 0. The summed E-state index contributed by atoms with van der Waals surface area (Å²) in [5.41, 5.74) is 0. The molecule has 0 amide bonds. The van der Waals surface area contributed by atoms with Gasteiger partial charge >= 0.3 is 0 Å². The zero-order valence-electron chi connectivity index (χ0n) is 7.62. The molecular weight excluding hydrogens is 156 g/mol. The summed E-state index contributed by atoms with van der Waals surface area (Å²) in [6.45, 7) is 3.94. The van der Waals surface area contributed by atoms with E-state index >= 15 is 0 Å². The number of unbranched alkanes of at least 4 members (excludes halogenated alkanes) is 1. The number of nitrogens with zero attached hydrogens (tertiary/aromatic N) is 1. The van der Waals surface area contributed by atoms with E-state index in [4.69, 9.17) is 5.11 Å². The highest BCUT2D eigenvalue weighted by molar-refractivity contribution is 4.53. The van der Waals surface area contributed by atoms with Crippen LogP contribution in [0.15, 0.2) is 5.18 Å². The highest BCUT2D eigenvalue weighted by Crippen LogP contribution is 1.89. The van der Waals surface area contributed by atoms with Gasteiger partial charge in [-0.2, -0.15) is 4.91 Å². The van der Waals surface area contributed by atoms with Crippen LogP contribution < -0.4 is 5.32 Å². The lowest BCUT2D eigenvalue weighted by atomic mass is 10.2. The number of nitroso groups, excluding NO2 is 1. The van der Waals surface area contributed by atoms with Crippen LogP contribution in [0, 0.1) is 4.91 Å². The summed E-state index contributed by atoms with van der Waals surface area (Å²) in [5, 5.41) is 14.8. The van der Waals surface area contributed by atoms with Crippen molar-refractivity contribution in [2.24, 2.45) is 5.18 Å². The third-order valence-corrected chi connectivity index (χ3v) is 1.59. The summed E-state index contributed by atoms with van der Waals surface area (Å²) in [4.78, 5) is 9.68. The molecule has 0 spiro atoms. The second-order valence-corrected chi connectivity index (χ2v) is 2.95. The van der Waals surface area contributed by atoms with E-state index in [9.17, 15) is 4.91 Å². The Morgan fingerprint density at radius 3 is 2.75 bits per heavy atom. The summed E-state index contributed by atoms with van der Waals surface area (Å²) in [6.07, 6.45) is 2.39. The third kappa shape index (κ3) is 9.52. The Hall–Kier alpha value is -0.480. The number of aliphatic hydroxyl groups excluding tert-OH is 1. The minimum atomic E-state index is -0.228. The first-order valence-electron chi connectivity index (χ1n) is 4.45. The number of hydrogen-bond acceptors (Lipinski definition) is 4. The van der Waals surface area contributed by atoms with E-state index in [1.165, 1.54) is 0 Å². The van der Waals surface area contributed by atoms with Gasteiger partial charge in [0.15, 0.2) is 0 Å². The highest BCUT2D eigenvalue weighted by atomic mass is 16.3. The first kappa shape index (κ1) is 11.5. The molecule has 0 aromatic rings. The van der Waals surface area contributed by atoms with Crippen LogP contribution in [-0.2, 0) is 0 Å². The summed E-state index contributed by atoms with van der Waals surface area (Å²) in [7, 11) is 0. The van der Waals surface area contributed by atoms with E-state index in [1.807, 2.05) is 0 Å².